The van der Waals surface area contributed by atoms with Crippen LogP contribution in [0.4, 0.5) is 8.78 Å². The Kier molecular flexibility index (Phi) is 1.99. The third kappa shape index (κ3) is 1.27. The van der Waals surface area contributed by atoms with Crippen molar-refractivity contribution in [2.75, 3.05) is 0 Å². The van der Waals surface area contributed by atoms with Crippen molar-refractivity contribution < 1.29 is 17.2 Å². The van der Waals surface area contributed by atoms with Crippen LogP contribution in [0.2, 0.25) is 0 Å². The van der Waals surface area contributed by atoms with Crippen molar-refractivity contribution in [2.45, 2.75) is 4.90 Å². The number of benzene rings is 1. The third-order valence-electron chi connectivity index (χ3n) is 1.87. The average Bonchev–Trinajstić information content (AvgIpc) is 2.47. The van der Waals surface area contributed by atoms with E-state index in [1.54, 1.807) is 0 Å². The van der Waals surface area contributed by atoms with Crippen molar-refractivity contribution >= 4 is 21.6 Å². The number of nitrogens with one attached hydrogen (secondary N) is 1. The van der Waals surface area contributed by atoms with E-state index in [0.717, 1.165) is 12.3 Å². The molecule has 74 valence electrons. The van der Waals surface area contributed by atoms with E-state index < -0.39 is 22.3 Å². The number of aromatic nitrogens is 1. The molecule has 0 aliphatic carbocycles. The minimum absolute atomic E-state index is 0.0949. The molecule has 6 heteroatoms. The number of H-pyrrole nitrogens is 1. The maximum Gasteiger partial charge on any atom is 0.170 e. The zero-order valence-electron chi connectivity index (χ0n) is 6.75. The molecule has 1 aromatic carbocycles. The Morgan fingerprint density at radius 3 is 2.57 bits per heavy atom. The van der Waals surface area contributed by atoms with E-state index in [4.69, 9.17) is 0 Å². The minimum Gasteiger partial charge on any atom is -0.360 e. The van der Waals surface area contributed by atoms with Crippen molar-refractivity contribution in [3.8, 4) is 0 Å². The van der Waals surface area contributed by atoms with E-state index >= 15 is 0 Å². The first-order valence-electron chi connectivity index (χ1n) is 3.70. The Labute approximate surface area is 79.3 Å². The number of hydrogen-bond acceptors (Lipinski definition) is 2. The summed E-state index contributed by atoms with van der Waals surface area (Å²) >= 11 is 0. The highest BCUT2D eigenvalue weighted by Crippen LogP contribution is 2.23. The van der Waals surface area contributed by atoms with Gasteiger partial charge in [-0.05, 0) is 6.07 Å². The molecule has 1 heterocycles. The van der Waals surface area contributed by atoms with Crippen molar-refractivity contribution in [2.24, 2.45) is 0 Å². The van der Waals surface area contributed by atoms with Crippen LogP contribution in [0, 0.1) is 11.6 Å². The van der Waals surface area contributed by atoms with E-state index in [0.29, 0.717) is 6.07 Å². The normalized spacial score (nSPS) is 11.4. The highest BCUT2D eigenvalue weighted by Gasteiger charge is 2.11. The van der Waals surface area contributed by atoms with Crippen molar-refractivity contribution in [1.82, 2.24) is 4.98 Å². The summed E-state index contributed by atoms with van der Waals surface area (Å²) in [6.07, 6.45) is 1.14. The molecule has 0 aliphatic rings. The highest BCUT2D eigenvalue weighted by atomic mass is 32.2. The minimum atomic E-state index is -2.88. The maximum absolute atomic E-state index is 13.2. The number of halogens is 2. The first-order valence-corrected chi connectivity index (χ1v) is 4.88. The Balaban J connectivity index is 2.92. The Morgan fingerprint density at radius 2 is 1.93 bits per heavy atom. The van der Waals surface area contributed by atoms with Crippen molar-refractivity contribution in [3.05, 3.63) is 30.0 Å². The van der Waals surface area contributed by atoms with Gasteiger partial charge in [0.05, 0.1) is 15.8 Å². The van der Waals surface area contributed by atoms with Gasteiger partial charge in [0.2, 0.25) is 0 Å². The molecule has 0 bridgehead atoms. The molecule has 0 saturated heterocycles. The zero-order valence-corrected chi connectivity index (χ0v) is 7.65. The lowest BCUT2D eigenvalue weighted by molar-refractivity contribution is 0.589. The van der Waals surface area contributed by atoms with Crippen LogP contribution >= 0.6 is 0 Å². The first-order chi connectivity index (χ1) is 6.59. The third-order valence-corrected chi connectivity index (χ3v) is 2.62. The molecular weight excluding hydrogens is 212 g/mol. The Bertz CT molecular complexity index is 566. The lowest BCUT2D eigenvalue weighted by Crippen LogP contribution is -1.84. The summed E-state index contributed by atoms with van der Waals surface area (Å²) in [7, 11) is -2.88. The van der Waals surface area contributed by atoms with Gasteiger partial charge in [0.25, 0.3) is 0 Å². The molecular formula is C8H5F2NO2S. The van der Waals surface area contributed by atoms with Crippen LogP contribution in [-0.2, 0) is 10.7 Å². The summed E-state index contributed by atoms with van der Waals surface area (Å²) < 4.78 is 47.2. The second-order valence-electron chi connectivity index (χ2n) is 2.74. The van der Waals surface area contributed by atoms with Gasteiger partial charge in [-0.2, -0.15) is 0 Å². The summed E-state index contributed by atoms with van der Waals surface area (Å²) in [5, 5.41) is -0.0949. The van der Waals surface area contributed by atoms with Crippen molar-refractivity contribution in [3.63, 3.8) is 0 Å². The number of thiol groups is 1. The summed E-state index contributed by atoms with van der Waals surface area (Å²) in [6.45, 7) is 0. The molecule has 0 fully saturated rings. The van der Waals surface area contributed by atoms with Crippen molar-refractivity contribution in [1.29, 1.82) is 0 Å². The number of aromatic amines is 1. The van der Waals surface area contributed by atoms with Crippen LogP contribution in [-0.4, -0.2) is 13.4 Å². The molecule has 0 amide bonds. The molecule has 14 heavy (non-hydrogen) atoms. The molecule has 0 aliphatic heterocycles. The zero-order chi connectivity index (χ0) is 10.3. The first kappa shape index (κ1) is 9.14. The average molecular weight is 217 g/mol. The predicted octanol–water partition coefficient (Wildman–Crippen LogP) is 1.42. The second-order valence-corrected chi connectivity index (χ2v) is 3.74. The summed E-state index contributed by atoms with van der Waals surface area (Å²) in [5.74, 6) is -1.63. The van der Waals surface area contributed by atoms with E-state index in [2.05, 4.69) is 4.98 Å². The molecule has 0 radical (unpaired) electrons. The van der Waals surface area contributed by atoms with E-state index in [1.807, 2.05) is 0 Å². The van der Waals surface area contributed by atoms with Gasteiger partial charge >= 0.3 is 0 Å². The smallest absolute Gasteiger partial charge is 0.170 e. The topological polar surface area (TPSA) is 49.9 Å². The standard InChI is InChI=1S/C8H5F2NO2S/c9-4-1-5(10)8-6(2-4)11-3-7(8)14(12)13/h1-3,11,14H. The largest absolute Gasteiger partial charge is 0.360 e. The van der Waals surface area contributed by atoms with Gasteiger partial charge in [0.15, 0.2) is 10.7 Å². The molecule has 0 atom stereocenters. The lowest BCUT2D eigenvalue weighted by atomic mass is 10.2. The fraction of sp³-hybridized carbons (Fsp3) is 0. The number of fused-ring (bicyclic) bond motifs is 1. The summed E-state index contributed by atoms with van der Waals surface area (Å²) in [6, 6.07) is 1.69. The molecule has 0 saturated carbocycles. The molecule has 1 aromatic heterocycles. The molecule has 0 unspecified atom stereocenters. The van der Waals surface area contributed by atoms with E-state index in [9.17, 15) is 17.2 Å². The van der Waals surface area contributed by atoms with E-state index in [-0.39, 0.29) is 15.8 Å². The summed E-state index contributed by atoms with van der Waals surface area (Å²) in [5.41, 5.74) is 0.136. The van der Waals surface area contributed by atoms with Crippen LogP contribution in [0.15, 0.2) is 23.2 Å². The molecule has 1 N–H and O–H groups in total. The quantitative estimate of drug-likeness (QED) is 0.710. The molecule has 2 rings (SSSR count). The predicted molar refractivity (Wildman–Crippen MR) is 46.8 cm³/mol. The highest BCUT2D eigenvalue weighted by molar-refractivity contribution is 7.72. The number of rotatable bonds is 1. The van der Waals surface area contributed by atoms with Crippen LogP contribution in [0.3, 0.4) is 0 Å². The van der Waals surface area contributed by atoms with Crippen LogP contribution in [0.5, 0.6) is 0 Å². The van der Waals surface area contributed by atoms with Crippen LogP contribution in [0.1, 0.15) is 0 Å². The van der Waals surface area contributed by atoms with Crippen LogP contribution < -0.4 is 0 Å². The maximum atomic E-state index is 13.2. The van der Waals surface area contributed by atoms with Gasteiger partial charge in [-0.15, -0.1) is 0 Å². The fourth-order valence-electron chi connectivity index (χ4n) is 1.31. The molecule has 0 spiro atoms. The van der Waals surface area contributed by atoms with Gasteiger partial charge in [-0.25, -0.2) is 17.2 Å². The Morgan fingerprint density at radius 1 is 1.21 bits per heavy atom. The monoisotopic (exact) mass is 217 g/mol. The van der Waals surface area contributed by atoms with Gasteiger partial charge in [0, 0.05) is 12.3 Å². The SMILES string of the molecule is O=[SH](=O)c1c[nH]c2cc(F)cc(F)c12. The summed E-state index contributed by atoms with van der Waals surface area (Å²) in [4.78, 5) is 2.33. The molecule has 3 nitrogen and oxygen atoms in total. The lowest BCUT2D eigenvalue weighted by Gasteiger charge is -1.94. The van der Waals surface area contributed by atoms with Gasteiger partial charge in [-0.1, -0.05) is 0 Å². The Hall–Kier alpha value is -1.43. The van der Waals surface area contributed by atoms with Gasteiger partial charge in [0.1, 0.15) is 11.6 Å². The van der Waals surface area contributed by atoms with Gasteiger partial charge in [-0.3, -0.25) is 0 Å². The van der Waals surface area contributed by atoms with E-state index in [1.165, 1.54) is 0 Å². The van der Waals surface area contributed by atoms with Crippen LogP contribution in [0.25, 0.3) is 10.9 Å². The fourth-order valence-corrected chi connectivity index (χ4v) is 1.89. The van der Waals surface area contributed by atoms with Gasteiger partial charge < -0.3 is 4.98 Å². The number of hydrogen-bond donors (Lipinski definition) is 2. The second kappa shape index (κ2) is 3.06. The molecule has 2 aromatic rings.